The average Bonchev–Trinajstić information content (AvgIpc) is 2.34. The van der Waals surface area contributed by atoms with E-state index in [2.05, 4.69) is 21.8 Å². The summed E-state index contributed by atoms with van der Waals surface area (Å²) in [5.41, 5.74) is 0. The summed E-state index contributed by atoms with van der Waals surface area (Å²) in [6.45, 7) is 4.04. The van der Waals surface area contributed by atoms with Gasteiger partial charge in [0.25, 0.3) is 0 Å². The maximum atomic E-state index is 10.6. The monoisotopic (exact) mass is 153 g/mol. The van der Waals surface area contributed by atoms with Crippen LogP contribution in [0.3, 0.4) is 0 Å². The molecule has 1 rings (SSSR count). The molecule has 1 aromatic rings. The highest BCUT2D eigenvalue weighted by Gasteiger charge is 2.02. The van der Waals surface area contributed by atoms with Gasteiger partial charge in [0.05, 0.1) is 0 Å². The smallest absolute Gasteiger partial charge is 0.231 e. The normalized spacial score (nSPS) is 9.64. The van der Waals surface area contributed by atoms with Crippen LogP contribution in [-0.2, 0) is 11.3 Å². The quantitative estimate of drug-likeness (QED) is 0.653. The second kappa shape index (κ2) is 3.14. The van der Waals surface area contributed by atoms with E-state index in [1.807, 2.05) is 6.92 Å². The molecule has 1 amide bonds. The van der Waals surface area contributed by atoms with Gasteiger partial charge < -0.3 is 0 Å². The average molecular weight is 153 g/mol. The zero-order chi connectivity index (χ0) is 8.27. The molecule has 1 N–H and O–H groups in total. The first-order valence-electron chi connectivity index (χ1n) is 3.32. The van der Waals surface area contributed by atoms with Crippen LogP contribution in [0.5, 0.6) is 0 Å². The number of aromatic nitrogens is 3. The molecule has 1 heterocycles. The number of nitrogens with zero attached hydrogens (tertiary/aromatic N) is 3. The molecule has 0 saturated carbocycles. The van der Waals surface area contributed by atoms with E-state index in [-0.39, 0.29) is 5.91 Å². The lowest BCUT2D eigenvalue weighted by Gasteiger charge is -2.00. The molecule has 0 bridgehead atoms. The van der Waals surface area contributed by atoms with Crippen molar-refractivity contribution in [2.24, 2.45) is 0 Å². The molecule has 0 aliphatic heterocycles. The number of anilines is 1. The minimum atomic E-state index is -0.152. The predicted molar refractivity (Wildman–Crippen MR) is 38.8 cm³/mol. The first-order valence-corrected chi connectivity index (χ1v) is 3.32. The van der Waals surface area contributed by atoms with Crippen molar-refractivity contribution in [2.45, 2.75) is 20.4 Å². The third-order valence-corrected chi connectivity index (χ3v) is 1.17. The molecular formula is C6H9N4O. The van der Waals surface area contributed by atoms with Crippen molar-refractivity contribution in [1.82, 2.24) is 14.8 Å². The summed E-state index contributed by atoms with van der Waals surface area (Å²) < 4.78 is 1.63. The topological polar surface area (TPSA) is 59.8 Å². The van der Waals surface area contributed by atoms with Gasteiger partial charge in [-0.05, 0) is 6.92 Å². The van der Waals surface area contributed by atoms with Crippen LogP contribution in [0.2, 0.25) is 0 Å². The number of rotatable bonds is 2. The van der Waals surface area contributed by atoms with E-state index in [1.54, 1.807) is 4.57 Å². The van der Waals surface area contributed by atoms with Gasteiger partial charge in [-0.3, -0.25) is 14.7 Å². The number of aryl methyl sites for hydroxylation is 1. The van der Waals surface area contributed by atoms with Gasteiger partial charge in [0.1, 0.15) is 0 Å². The van der Waals surface area contributed by atoms with Gasteiger partial charge in [-0.1, -0.05) is 0 Å². The van der Waals surface area contributed by atoms with Gasteiger partial charge in [0.2, 0.25) is 18.2 Å². The number of nitrogens with one attached hydrogen (secondary N) is 1. The van der Waals surface area contributed by atoms with Crippen molar-refractivity contribution in [1.29, 1.82) is 0 Å². The Morgan fingerprint density at radius 2 is 2.55 bits per heavy atom. The van der Waals surface area contributed by atoms with Gasteiger partial charge in [0, 0.05) is 13.5 Å². The van der Waals surface area contributed by atoms with E-state index in [0.29, 0.717) is 12.5 Å². The number of carbonyl (C=O) groups is 1. The summed E-state index contributed by atoms with van der Waals surface area (Å²) in [6, 6.07) is 0. The molecule has 0 aliphatic carbocycles. The van der Waals surface area contributed by atoms with Crippen LogP contribution in [-0.4, -0.2) is 20.7 Å². The Morgan fingerprint density at radius 1 is 1.82 bits per heavy atom. The number of hydrogen-bond donors (Lipinski definition) is 1. The Morgan fingerprint density at radius 3 is 3.09 bits per heavy atom. The molecule has 1 aromatic heterocycles. The van der Waals surface area contributed by atoms with E-state index < -0.39 is 0 Å². The molecule has 11 heavy (non-hydrogen) atoms. The molecule has 5 nitrogen and oxygen atoms in total. The highest BCUT2D eigenvalue weighted by Crippen LogP contribution is 1.99. The fourth-order valence-electron chi connectivity index (χ4n) is 0.695. The molecule has 0 aliphatic rings. The molecule has 59 valence electrons. The minimum absolute atomic E-state index is 0.152. The van der Waals surface area contributed by atoms with Gasteiger partial charge in [-0.25, -0.2) is 0 Å². The third-order valence-electron chi connectivity index (χ3n) is 1.17. The molecule has 0 aromatic carbocycles. The summed E-state index contributed by atoms with van der Waals surface area (Å²) >= 11 is 0. The molecule has 5 heteroatoms. The fraction of sp³-hybridized carbons (Fsp3) is 0.500. The second-order valence-electron chi connectivity index (χ2n) is 2.05. The Bertz CT molecular complexity index is 255. The molecule has 0 spiro atoms. The van der Waals surface area contributed by atoms with Crippen LogP contribution in [0.1, 0.15) is 13.8 Å². The van der Waals surface area contributed by atoms with Crippen LogP contribution in [0, 0.1) is 6.33 Å². The molecule has 1 radical (unpaired) electrons. The van der Waals surface area contributed by atoms with Gasteiger partial charge in [-0.2, -0.15) is 0 Å². The van der Waals surface area contributed by atoms with E-state index in [1.165, 1.54) is 6.92 Å². The van der Waals surface area contributed by atoms with Crippen LogP contribution < -0.4 is 5.32 Å². The van der Waals surface area contributed by atoms with Crippen LogP contribution >= 0.6 is 0 Å². The van der Waals surface area contributed by atoms with Crippen LogP contribution in [0.4, 0.5) is 5.95 Å². The lowest BCUT2D eigenvalue weighted by atomic mass is 10.6. The van der Waals surface area contributed by atoms with E-state index >= 15 is 0 Å². The van der Waals surface area contributed by atoms with E-state index in [9.17, 15) is 4.79 Å². The Balaban J connectivity index is 2.76. The van der Waals surface area contributed by atoms with Crippen molar-refractivity contribution >= 4 is 11.9 Å². The maximum Gasteiger partial charge on any atom is 0.231 e. The van der Waals surface area contributed by atoms with Crippen molar-refractivity contribution in [3.63, 3.8) is 0 Å². The van der Waals surface area contributed by atoms with Crippen molar-refractivity contribution in [3.8, 4) is 0 Å². The first kappa shape index (κ1) is 7.71. The Kier molecular flexibility index (Phi) is 2.20. The van der Waals surface area contributed by atoms with Crippen molar-refractivity contribution < 1.29 is 4.79 Å². The van der Waals surface area contributed by atoms with Crippen LogP contribution in [0.25, 0.3) is 0 Å². The third kappa shape index (κ3) is 1.76. The number of amides is 1. The largest absolute Gasteiger partial charge is 0.295 e. The maximum absolute atomic E-state index is 10.6. The molecule has 0 fully saturated rings. The zero-order valence-corrected chi connectivity index (χ0v) is 6.46. The summed E-state index contributed by atoms with van der Waals surface area (Å²) in [5.74, 6) is 0.293. The summed E-state index contributed by atoms with van der Waals surface area (Å²) in [5, 5.41) is 9.70. The summed E-state index contributed by atoms with van der Waals surface area (Å²) in [7, 11) is 0. The number of carbonyl (C=O) groups excluding carboxylic acids is 1. The fourth-order valence-corrected chi connectivity index (χ4v) is 0.695. The van der Waals surface area contributed by atoms with Crippen molar-refractivity contribution in [3.05, 3.63) is 6.33 Å². The second-order valence-corrected chi connectivity index (χ2v) is 2.05. The minimum Gasteiger partial charge on any atom is -0.295 e. The lowest BCUT2D eigenvalue weighted by Crippen LogP contribution is -2.11. The van der Waals surface area contributed by atoms with Gasteiger partial charge in [0.15, 0.2) is 0 Å². The molecular weight excluding hydrogens is 144 g/mol. The zero-order valence-electron chi connectivity index (χ0n) is 6.46. The molecule has 0 saturated heterocycles. The molecule has 0 atom stereocenters. The highest BCUT2D eigenvalue weighted by atomic mass is 16.1. The van der Waals surface area contributed by atoms with Gasteiger partial charge >= 0.3 is 0 Å². The highest BCUT2D eigenvalue weighted by molar-refractivity contribution is 5.86. The lowest BCUT2D eigenvalue weighted by molar-refractivity contribution is -0.114. The van der Waals surface area contributed by atoms with Crippen LogP contribution in [0.15, 0.2) is 0 Å². The van der Waals surface area contributed by atoms with Gasteiger partial charge in [-0.15, -0.1) is 10.2 Å². The Hall–Kier alpha value is -1.39. The van der Waals surface area contributed by atoms with E-state index in [0.717, 1.165) is 0 Å². The summed E-state index contributed by atoms with van der Waals surface area (Å²) in [4.78, 5) is 10.6. The first-order chi connectivity index (χ1) is 5.24. The van der Waals surface area contributed by atoms with E-state index in [4.69, 9.17) is 0 Å². The predicted octanol–water partition coefficient (Wildman–Crippen LogP) is 0.0566. The number of hydrogen-bond acceptors (Lipinski definition) is 3. The Labute approximate surface area is 64.4 Å². The van der Waals surface area contributed by atoms with Crippen molar-refractivity contribution in [2.75, 3.05) is 5.32 Å². The SMILES string of the molecule is CCn1[c]nnc1NC(C)=O. The molecule has 0 unspecified atom stereocenters. The summed E-state index contributed by atoms with van der Waals surface area (Å²) in [6.07, 6.45) is 2.60. The standard InChI is InChI=1S/C6H9N4O/c1-3-10-4-7-9-6(10)8-5(2)11/h3H2,1-2H3,(H,8,9,11).